The van der Waals surface area contributed by atoms with Crippen LogP contribution in [0, 0.1) is 0 Å². The maximum absolute atomic E-state index is 13.2. The van der Waals surface area contributed by atoms with E-state index in [4.69, 9.17) is 9.47 Å². The van der Waals surface area contributed by atoms with E-state index in [1.165, 1.54) is 9.30 Å². The summed E-state index contributed by atoms with van der Waals surface area (Å²) in [7, 11) is 1.55. The van der Waals surface area contributed by atoms with Crippen LogP contribution in [0.15, 0.2) is 35.3 Å². The van der Waals surface area contributed by atoms with Crippen molar-refractivity contribution < 1.29 is 23.9 Å². The van der Waals surface area contributed by atoms with Crippen molar-refractivity contribution >= 4 is 34.6 Å². The molecule has 3 aromatic rings. The molecule has 2 saturated heterocycles. The van der Waals surface area contributed by atoms with Crippen LogP contribution in [-0.4, -0.2) is 81.1 Å². The van der Waals surface area contributed by atoms with Crippen molar-refractivity contribution in [3.8, 4) is 0 Å². The second-order valence-corrected chi connectivity index (χ2v) is 7.44. The molecule has 2 aliphatic rings. The average Bonchev–Trinajstić information content (AvgIpc) is 3.26. The topological polar surface area (TPSA) is 115 Å². The highest BCUT2D eigenvalue weighted by atomic mass is 16.6. The number of amides is 3. The molecule has 0 radical (unpaired) electrons. The van der Waals surface area contributed by atoms with E-state index in [1.807, 2.05) is 0 Å². The van der Waals surface area contributed by atoms with Crippen molar-refractivity contribution in [3.63, 3.8) is 0 Å². The number of nitrogens with zero attached hydrogens (tertiary/aromatic N) is 5. The number of imide groups is 1. The Balaban J connectivity index is 1.50. The number of methoxy groups -OCH3 is 1. The summed E-state index contributed by atoms with van der Waals surface area (Å²) >= 11 is 0. The number of aromatic nitrogens is 3. The number of ether oxygens (including phenoxy) is 2. The summed E-state index contributed by atoms with van der Waals surface area (Å²) in [6.07, 6.45) is 0.949. The molecular weight excluding hydrogens is 406 g/mol. The molecule has 0 spiro atoms. The molecule has 5 heterocycles. The first-order valence-corrected chi connectivity index (χ1v) is 9.77. The molecule has 0 aromatic carbocycles. The van der Waals surface area contributed by atoms with Gasteiger partial charge in [0.05, 0.1) is 18.0 Å². The van der Waals surface area contributed by atoms with Crippen molar-refractivity contribution in [1.82, 2.24) is 23.8 Å². The van der Waals surface area contributed by atoms with Crippen LogP contribution in [0.25, 0.3) is 16.7 Å². The van der Waals surface area contributed by atoms with Gasteiger partial charge in [0.15, 0.2) is 6.61 Å². The minimum atomic E-state index is -0.680. The van der Waals surface area contributed by atoms with Gasteiger partial charge < -0.3 is 18.9 Å². The van der Waals surface area contributed by atoms with Crippen molar-refractivity contribution in [2.75, 3.05) is 33.4 Å². The molecule has 5 rings (SSSR count). The number of fused-ring (bicyclic) bond motifs is 2. The Bertz CT molecular complexity index is 1270. The third-order valence-corrected chi connectivity index (χ3v) is 5.61. The first-order valence-electron chi connectivity index (χ1n) is 9.77. The molecule has 3 aromatic heterocycles. The van der Waals surface area contributed by atoms with Crippen LogP contribution in [0.4, 0.5) is 4.79 Å². The van der Waals surface area contributed by atoms with Crippen LogP contribution in [0.3, 0.4) is 0 Å². The van der Waals surface area contributed by atoms with Gasteiger partial charge in [-0.3, -0.25) is 18.8 Å². The van der Waals surface area contributed by atoms with Crippen molar-refractivity contribution in [2.45, 2.75) is 12.6 Å². The molecular formula is C20H19N5O6. The molecule has 0 aliphatic carbocycles. The predicted molar refractivity (Wildman–Crippen MR) is 107 cm³/mol. The van der Waals surface area contributed by atoms with Crippen LogP contribution in [-0.2, 0) is 20.8 Å². The Morgan fingerprint density at radius 1 is 1.26 bits per heavy atom. The standard InChI is InChI=1S/C20H19N5O6/c1-30-7-6-23-14(8-13-17(23)21-15-4-2-3-5-24(15)18(13)27)19(28)22-9-12(10-22)25-16(26)11-31-20(25)29/h2-5,8,12H,6-7,9-11H2,1H3. The number of hydrogen-bond acceptors (Lipinski definition) is 7. The number of carbonyl (C=O) groups is 3. The van der Waals surface area contributed by atoms with Gasteiger partial charge in [-0.2, -0.15) is 0 Å². The second-order valence-electron chi connectivity index (χ2n) is 7.44. The van der Waals surface area contributed by atoms with E-state index in [0.29, 0.717) is 35.5 Å². The third-order valence-electron chi connectivity index (χ3n) is 5.61. The van der Waals surface area contributed by atoms with Crippen LogP contribution in [0.5, 0.6) is 0 Å². The number of pyridine rings is 1. The Morgan fingerprint density at radius 2 is 2.06 bits per heavy atom. The molecule has 0 N–H and O–H groups in total. The average molecular weight is 425 g/mol. The second kappa shape index (κ2) is 7.20. The lowest BCUT2D eigenvalue weighted by molar-refractivity contribution is -0.129. The number of rotatable bonds is 5. The maximum atomic E-state index is 13.2. The van der Waals surface area contributed by atoms with Crippen LogP contribution >= 0.6 is 0 Å². The van der Waals surface area contributed by atoms with Gasteiger partial charge in [0.25, 0.3) is 17.4 Å². The molecule has 11 nitrogen and oxygen atoms in total. The van der Waals surface area contributed by atoms with E-state index in [-0.39, 0.29) is 31.2 Å². The third kappa shape index (κ3) is 2.96. The van der Waals surface area contributed by atoms with Crippen LogP contribution < -0.4 is 5.56 Å². The van der Waals surface area contributed by atoms with Crippen LogP contribution in [0.2, 0.25) is 0 Å². The SMILES string of the molecule is COCCn1c(C(=O)N2CC(N3C(=O)COC3=O)C2)cc2c(=O)n3ccccc3nc21. The Kier molecular flexibility index (Phi) is 4.47. The number of hydrogen-bond donors (Lipinski definition) is 0. The predicted octanol–water partition coefficient (Wildman–Crippen LogP) is 0.0988. The zero-order valence-corrected chi connectivity index (χ0v) is 16.7. The van der Waals surface area contributed by atoms with Crippen molar-refractivity contribution in [1.29, 1.82) is 0 Å². The van der Waals surface area contributed by atoms with Gasteiger partial charge in [0.2, 0.25) is 0 Å². The molecule has 0 unspecified atom stereocenters. The first-order chi connectivity index (χ1) is 15.0. The normalized spacial score (nSPS) is 16.9. The summed E-state index contributed by atoms with van der Waals surface area (Å²) in [5.41, 5.74) is 0.928. The van der Waals surface area contributed by atoms with E-state index < -0.39 is 18.0 Å². The molecule has 0 bridgehead atoms. The minimum absolute atomic E-state index is 0.208. The maximum Gasteiger partial charge on any atom is 0.417 e. The molecule has 0 saturated carbocycles. The first kappa shape index (κ1) is 19.2. The Morgan fingerprint density at radius 3 is 2.77 bits per heavy atom. The Labute approximate surface area is 175 Å². The zero-order valence-electron chi connectivity index (χ0n) is 16.7. The number of carbonyl (C=O) groups excluding carboxylic acids is 3. The van der Waals surface area contributed by atoms with Crippen LogP contribution in [0.1, 0.15) is 10.5 Å². The van der Waals surface area contributed by atoms with Gasteiger partial charge >= 0.3 is 6.09 Å². The summed E-state index contributed by atoms with van der Waals surface area (Å²) in [6.45, 7) is 0.818. The quantitative estimate of drug-likeness (QED) is 0.569. The van der Waals surface area contributed by atoms with Gasteiger partial charge in [-0.1, -0.05) is 6.07 Å². The van der Waals surface area contributed by atoms with Gasteiger partial charge in [0, 0.05) is 32.9 Å². The van der Waals surface area contributed by atoms with E-state index in [2.05, 4.69) is 4.98 Å². The molecule has 3 amide bonds. The highest BCUT2D eigenvalue weighted by Gasteiger charge is 2.45. The van der Waals surface area contributed by atoms with Gasteiger partial charge in [0.1, 0.15) is 17.0 Å². The summed E-state index contributed by atoms with van der Waals surface area (Å²) in [4.78, 5) is 56.9. The summed E-state index contributed by atoms with van der Waals surface area (Å²) in [6, 6.07) is 6.38. The summed E-state index contributed by atoms with van der Waals surface area (Å²) in [5.74, 6) is -0.709. The molecule has 160 valence electrons. The number of likely N-dealkylation sites (tertiary alicyclic amines) is 1. The fraction of sp³-hybridized carbons (Fsp3) is 0.350. The molecule has 2 aliphatic heterocycles. The van der Waals surface area contributed by atoms with Gasteiger partial charge in [-0.15, -0.1) is 0 Å². The molecule has 31 heavy (non-hydrogen) atoms. The summed E-state index contributed by atoms with van der Waals surface area (Å²) in [5, 5.41) is 0.332. The smallest absolute Gasteiger partial charge is 0.417 e. The largest absolute Gasteiger partial charge is 0.439 e. The van der Waals surface area contributed by atoms with Crippen molar-refractivity contribution in [2.24, 2.45) is 0 Å². The van der Waals surface area contributed by atoms with Crippen molar-refractivity contribution in [3.05, 3.63) is 46.5 Å². The zero-order chi connectivity index (χ0) is 21.7. The van der Waals surface area contributed by atoms with E-state index in [0.717, 1.165) is 4.90 Å². The summed E-state index contributed by atoms with van der Waals surface area (Å²) < 4.78 is 13.0. The molecule has 0 atom stereocenters. The lowest BCUT2D eigenvalue weighted by atomic mass is 10.1. The van der Waals surface area contributed by atoms with E-state index in [1.54, 1.807) is 42.1 Å². The lowest BCUT2D eigenvalue weighted by Gasteiger charge is -2.41. The minimum Gasteiger partial charge on any atom is -0.439 e. The Hall–Kier alpha value is -3.73. The van der Waals surface area contributed by atoms with Gasteiger partial charge in [-0.25, -0.2) is 14.7 Å². The fourth-order valence-corrected chi connectivity index (χ4v) is 4.00. The lowest BCUT2D eigenvalue weighted by Crippen LogP contribution is -2.62. The van der Waals surface area contributed by atoms with E-state index in [9.17, 15) is 19.2 Å². The highest BCUT2D eigenvalue weighted by molar-refractivity contribution is 6.00. The highest BCUT2D eigenvalue weighted by Crippen LogP contribution is 2.24. The fourth-order valence-electron chi connectivity index (χ4n) is 4.00. The van der Waals surface area contributed by atoms with E-state index >= 15 is 0 Å². The monoisotopic (exact) mass is 425 g/mol. The van der Waals surface area contributed by atoms with Gasteiger partial charge in [-0.05, 0) is 18.2 Å². The number of cyclic esters (lactones) is 1. The molecule has 11 heteroatoms. The molecule has 2 fully saturated rings.